The summed E-state index contributed by atoms with van der Waals surface area (Å²) < 4.78 is 32.0. The number of ether oxygens (including phenoxy) is 1. The Morgan fingerprint density at radius 2 is 1.81 bits per heavy atom. The monoisotopic (exact) mass is 471 g/mol. The van der Waals surface area contributed by atoms with Crippen molar-refractivity contribution < 1.29 is 37.9 Å². The Labute approximate surface area is 186 Å². The van der Waals surface area contributed by atoms with Gasteiger partial charge in [0, 0.05) is 7.05 Å². The van der Waals surface area contributed by atoms with Crippen LogP contribution in [0.25, 0.3) is 0 Å². The summed E-state index contributed by atoms with van der Waals surface area (Å²) in [5.74, 6) is -2.21. The number of amides is 4. The molecule has 1 aromatic rings. The summed E-state index contributed by atoms with van der Waals surface area (Å²) in [4.78, 5) is 39.0. The van der Waals surface area contributed by atoms with Gasteiger partial charge in [-0.3, -0.25) is 14.8 Å². The Balaban J connectivity index is 2.49. The SMILES string of the molecule is CCCCOc1ccc(S(=O)(=O)C(C)C(O)(C(=O)NO)N2C(=O)N(C)C(C)(C)C2=O)cc1. The average molecular weight is 472 g/mol. The lowest BCUT2D eigenvalue weighted by molar-refractivity contribution is -0.172. The summed E-state index contributed by atoms with van der Waals surface area (Å²) >= 11 is 0. The van der Waals surface area contributed by atoms with Crippen molar-refractivity contribution in [2.75, 3.05) is 13.7 Å². The third-order valence-electron chi connectivity index (χ3n) is 5.77. The normalized spacial score (nSPS) is 19.0. The van der Waals surface area contributed by atoms with Gasteiger partial charge in [-0.1, -0.05) is 13.3 Å². The van der Waals surface area contributed by atoms with Gasteiger partial charge in [0.05, 0.1) is 11.5 Å². The van der Waals surface area contributed by atoms with Crippen molar-refractivity contribution in [3.8, 4) is 5.75 Å². The maximum atomic E-state index is 13.3. The molecular formula is C20H29N3O8S. The van der Waals surface area contributed by atoms with Gasteiger partial charge in [0.25, 0.3) is 11.8 Å². The molecule has 0 aromatic heterocycles. The predicted molar refractivity (Wildman–Crippen MR) is 112 cm³/mol. The summed E-state index contributed by atoms with van der Waals surface area (Å²) in [5, 5.41) is 18.4. The van der Waals surface area contributed by atoms with Crippen LogP contribution in [0.15, 0.2) is 29.2 Å². The predicted octanol–water partition coefficient (Wildman–Crippen LogP) is 0.894. The molecule has 2 unspecified atom stereocenters. The molecule has 1 aliphatic heterocycles. The Kier molecular flexibility index (Phi) is 7.22. The molecule has 178 valence electrons. The number of rotatable bonds is 9. The van der Waals surface area contributed by atoms with E-state index in [-0.39, 0.29) is 9.80 Å². The third-order valence-corrected chi connectivity index (χ3v) is 7.96. The molecule has 0 saturated carbocycles. The van der Waals surface area contributed by atoms with Gasteiger partial charge in [-0.05, 0) is 51.5 Å². The van der Waals surface area contributed by atoms with Gasteiger partial charge in [0.1, 0.15) is 16.5 Å². The molecule has 4 amide bonds. The lowest BCUT2D eigenvalue weighted by Crippen LogP contribution is -2.68. The van der Waals surface area contributed by atoms with Crippen molar-refractivity contribution in [1.82, 2.24) is 15.3 Å². The molecule has 2 rings (SSSR count). The number of carbonyl (C=O) groups is 3. The van der Waals surface area contributed by atoms with Crippen LogP contribution in [0.5, 0.6) is 5.75 Å². The van der Waals surface area contributed by atoms with Crippen molar-refractivity contribution in [2.45, 2.75) is 61.9 Å². The lowest BCUT2D eigenvalue weighted by Gasteiger charge is -2.37. The van der Waals surface area contributed by atoms with Gasteiger partial charge in [-0.2, -0.15) is 0 Å². The molecule has 0 radical (unpaired) electrons. The number of unbranched alkanes of at least 4 members (excludes halogenated alkanes) is 1. The van der Waals surface area contributed by atoms with Crippen LogP contribution >= 0.6 is 0 Å². The van der Waals surface area contributed by atoms with Gasteiger partial charge in [-0.25, -0.2) is 23.6 Å². The molecule has 1 saturated heterocycles. The first-order valence-electron chi connectivity index (χ1n) is 10.0. The molecule has 0 spiro atoms. The molecule has 32 heavy (non-hydrogen) atoms. The molecule has 3 N–H and O–H groups in total. The molecule has 11 nitrogen and oxygen atoms in total. The van der Waals surface area contributed by atoms with Crippen LogP contribution in [0, 0.1) is 0 Å². The number of hydrogen-bond acceptors (Lipinski definition) is 8. The summed E-state index contributed by atoms with van der Waals surface area (Å²) in [6.45, 7) is 6.18. The number of benzene rings is 1. The largest absolute Gasteiger partial charge is 0.494 e. The number of nitrogens with zero attached hydrogens (tertiary/aromatic N) is 2. The molecule has 0 aliphatic carbocycles. The van der Waals surface area contributed by atoms with Crippen LogP contribution in [0.1, 0.15) is 40.5 Å². The van der Waals surface area contributed by atoms with Crippen LogP contribution in [-0.2, 0) is 19.4 Å². The van der Waals surface area contributed by atoms with E-state index in [9.17, 15) is 33.1 Å². The second-order valence-electron chi connectivity index (χ2n) is 8.07. The fourth-order valence-electron chi connectivity index (χ4n) is 3.22. The minimum Gasteiger partial charge on any atom is -0.494 e. The number of hydroxylamine groups is 1. The third kappa shape index (κ3) is 4.05. The van der Waals surface area contributed by atoms with Crippen LogP contribution in [0.4, 0.5) is 4.79 Å². The standard InChI is InChI=1S/C20H29N3O8S/c1-6-7-12-31-14-8-10-15(11-9-14)32(29,30)13(2)20(27,16(24)21-28)23-17(25)19(3,4)22(5)18(23)26/h8-11,13,27-28H,6-7,12H2,1-5H3,(H,21,24). The summed E-state index contributed by atoms with van der Waals surface area (Å²) in [6, 6.07) is 4.21. The van der Waals surface area contributed by atoms with E-state index in [1.807, 2.05) is 6.92 Å². The smallest absolute Gasteiger partial charge is 0.330 e. The molecule has 1 fully saturated rings. The topological polar surface area (TPSA) is 154 Å². The van der Waals surface area contributed by atoms with E-state index >= 15 is 0 Å². The Morgan fingerprint density at radius 3 is 2.25 bits per heavy atom. The zero-order valence-electron chi connectivity index (χ0n) is 18.7. The minimum absolute atomic E-state index is 0.170. The van der Waals surface area contributed by atoms with Crippen LogP contribution in [0.2, 0.25) is 0 Å². The number of nitrogens with one attached hydrogen (secondary N) is 1. The highest BCUT2D eigenvalue weighted by Gasteiger charge is 2.64. The van der Waals surface area contributed by atoms with Crippen LogP contribution in [0.3, 0.4) is 0 Å². The van der Waals surface area contributed by atoms with Gasteiger partial charge < -0.3 is 14.7 Å². The molecule has 1 aromatic carbocycles. The van der Waals surface area contributed by atoms with E-state index < -0.39 is 44.2 Å². The molecule has 1 heterocycles. The summed E-state index contributed by atoms with van der Waals surface area (Å²) in [5.41, 5.74) is -3.51. The van der Waals surface area contributed by atoms with Crippen molar-refractivity contribution >= 4 is 27.7 Å². The second kappa shape index (κ2) is 9.04. The molecule has 0 bridgehead atoms. The summed E-state index contributed by atoms with van der Waals surface area (Å²) in [7, 11) is -3.20. The molecular weight excluding hydrogens is 442 g/mol. The Morgan fingerprint density at radius 1 is 1.25 bits per heavy atom. The van der Waals surface area contributed by atoms with Gasteiger partial charge >= 0.3 is 6.03 Å². The molecule has 1 aliphatic rings. The highest BCUT2D eigenvalue weighted by molar-refractivity contribution is 7.92. The van der Waals surface area contributed by atoms with Gasteiger partial charge in [-0.15, -0.1) is 0 Å². The summed E-state index contributed by atoms with van der Waals surface area (Å²) in [6.07, 6.45) is 1.75. The maximum absolute atomic E-state index is 13.3. The van der Waals surface area contributed by atoms with E-state index in [2.05, 4.69) is 0 Å². The minimum atomic E-state index is -4.47. The zero-order valence-corrected chi connectivity index (χ0v) is 19.5. The first-order chi connectivity index (χ1) is 14.8. The van der Waals surface area contributed by atoms with E-state index in [4.69, 9.17) is 4.74 Å². The Hall–Kier alpha value is -2.70. The molecule has 12 heteroatoms. The second-order valence-corrected chi connectivity index (χ2v) is 10.3. The fraction of sp³-hybridized carbons (Fsp3) is 0.550. The zero-order chi connectivity index (χ0) is 24.5. The van der Waals surface area contributed by atoms with Crippen molar-refractivity contribution in [1.29, 1.82) is 0 Å². The number of likely N-dealkylation sites (N-methyl/N-ethyl adjacent to an activating group) is 1. The van der Waals surface area contributed by atoms with Crippen LogP contribution < -0.4 is 10.2 Å². The fourth-order valence-corrected chi connectivity index (χ4v) is 4.79. The maximum Gasteiger partial charge on any atom is 0.330 e. The molecule has 2 atom stereocenters. The van der Waals surface area contributed by atoms with Gasteiger partial charge in [0.15, 0.2) is 9.84 Å². The number of imide groups is 1. The van der Waals surface area contributed by atoms with E-state index in [1.165, 1.54) is 50.6 Å². The average Bonchev–Trinajstić information content (AvgIpc) is 2.92. The number of carbonyl (C=O) groups excluding carboxylic acids is 3. The first kappa shape index (κ1) is 25.6. The lowest BCUT2D eigenvalue weighted by atomic mass is 10.0. The van der Waals surface area contributed by atoms with Gasteiger partial charge in [0.2, 0.25) is 5.72 Å². The number of urea groups is 1. The van der Waals surface area contributed by atoms with E-state index in [0.717, 1.165) is 24.7 Å². The van der Waals surface area contributed by atoms with E-state index in [0.29, 0.717) is 12.4 Å². The first-order valence-corrected chi connectivity index (χ1v) is 11.6. The quantitative estimate of drug-likeness (QED) is 0.208. The van der Waals surface area contributed by atoms with Crippen molar-refractivity contribution in [3.05, 3.63) is 24.3 Å². The highest BCUT2D eigenvalue weighted by atomic mass is 32.2. The Bertz CT molecular complexity index is 993. The number of aliphatic hydroxyl groups is 1. The van der Waals surface area contributed by atoms with Crippen molar-refractivity contribution in [2.24, 2.45) is 0 Å². The number of hydrogen-bond donors (Lipinski definition) is 3. The highest BCUT2D eigenvalue weighted by Crippen LogP contribution is 2.36. The van der Waals surface area contributed by atoms with Crippen molar-refractivity contribution in [3.63, 3.8) is 0 Å². The number of sulfone groups is 1. The van der Waals surface area contributed by atoms with E-state index in [1.54, 1.807) is 0 Å². The van der Waals surface area contributed by atoms with Crippen LogP contribution in [-0.4, -0.2) is 76.5 Å².